The Bertz CT molecular complexity index is 968. The van der Waals surface area contributed by atoms with Crippen molar-refractivity contribution in [2.75, 3.05) is 11.9 Å². The molecule has 0 radical (unpaired) electrons. The lowest BCUT2D eigenvalue weighted by atomic mass is 10.3. The lowest BCUT2D eigenvalue weighted by molar-refractivity contribution is -0.119. The van der Waals surface area contributed by atoms with Gasteiger partial charge in [0.1, 0.15) is 12.4 Å². The van der Waals surface area contributed by atoms with E-state index in [1.54, 1.807) is 0 Å². The van der Waals surface area contributed by atoms with Crippen LogP contribution < -0.4 is 10.6 Å². The number of imidazole rings is 1. The summed E-state index contributed by atoms with van der Waals surface area (Å²) in [5.74, 6) is 0.683. The van der Waals surface area contributed by atoms with Crippen molar-refractivity contribution in [3.05, 3.63) is 58.8 Å². The van der Waals surface area contributed by atoms with Crippen LogP contribution in [0, 0.1) is 0 Å². The van der Waals surface area contributed by atoms with Crippen molar-refractivity contribution < 1.29 is 9.59 Å². The van der Waals surface area contributed by atoms with Gasteiger partial charge in [-0.2, -0.15) is 0 Å². The molecule has 0 atom stereocenters. The molecule has 27 heavy (non-hydrogen) atoms. The summed E-state index contributed by atoms with van der Waals surface area (Å²) in [6.07, 6.45) is 1.44. The highest BCUT2D eigenvalue weighted by atomic mass is 79.9. The molecule has 140 valence electrons. The van der Waals surface area contributed by atoms with E-state index in [2.05, 4.69) is 31.5 Å². The number of amides is 2. The van der Waals surface area contributed by atoms with Gasteiger partial charge in [0, 0.05) is 30.0 Å². The standard InChI is InChI=1S/C20H21BrN4O2/c1-14(26)22-11-5-10-19-24-17-8-2-3-9-18(17)25(19)13-20(27)23-16-7-4-6-15(21)12-16/h2-4,6-9,12H,5,10-11,13H2,1H3,(H,22,26)(H,23,27). The fourth-order valence-electron chi connectivity index (χ4n) is 2.91. The summed E-state index contributed by atoms with van der Waals surface area (Å²) < 4.78 is 2.85. The van der Waals surface area contributed by atoms with E-state index >= 15 is 0 Å². The quantitative estimate of drug-likeness (QED) is 0.565. The van der Waals surface area contributed by atoms with Gasteiger partial charge in [-0.25, -0.2) is 4.98 Å². The smallest absolute Gasteiger partial charge is 0.244 e. The Morgan fingerprint density at radius 1 is 1.15 bits per heavy atom. The van der Waals surface area contributed by atoms with Crippen molar-refractivity contribution >= 4 is 44.5 Å². The maximum absolute atomic E-state index is 12.6. The Hall–Kier alpha value is -2.67. The Morgan fingerprint density at radius 2 is 1.96 bits per heavy atom. The minimum absolute atomic E-state index is 0.0445. The first-order valence-electron chi connectivity index (χ1n) is 8.77. The molecule has 2 N–H and O–H groups in total. The number of aryl methyl sites for hydroxylation is 1. The molecule has 2 aromatic carbocycles. The summed E-state index contributed by atoms with van der Waals surface area (Å²) in [5.41, 5.74) is 2.53. The van der Waals surface area contributed by atoms with Crippen LogP contribution in [0.5, 0.6) is 0 Å². The number of hydrogen-bond acceptors (Lipinski definition) is 3. The molecule has 0 aliphatic heterocycles. The van der Waals surface area contributed by atoms with Crippen molar-refractivity contribution in [2.45, 2.75) is 26.3 Å². The van der Waals surface area contributed by atoms with E-state index in [-0.39, 0.29) is 18.4 Å². The molecular weight excluding hydrogens is 408 g/mol. The average molecular weight is 429 g/mol. The minimum atomic E-state index is -0.112. The highest BCUT2D eigenvalue weighted by Crippen LogP contribution is 2.19. The first-order valence-corrected chi connectivity index (χ1v) is 9.56. The lowest BCUT2D eigenvalue weighted by Crippen LogP contribution is -2.23. The van der Waals surface area contributed by atoms with E-state index in [0.717, 1.165) is 33.4 Å². The molecule has 1 aromatic heterocycles. The van der Waals surface area contributed by atoms with Gasteiger partial charge in [0.05, 0.1) is 11.0 Å². The summed E-state index contributed by atoms with van der Waals surface area (Å²) in [7, 11) is 0. The zero-order chi connectivity index (χ0) is 19.2. The van der Waals surface area contributed by atoms with Gasteiger partial charge in [0.15, 0.2) is 0 Å². The first-order chi connectivity index (χ1) is 13.0. The van der Waals surface area contributed by atoms with Crippen molar-refractivity contribution in [3.63, 3.8) is 0 Å². The van der Waals surface area contributed by atoms with E-state index in [1.807, 2.05) is 53.1 Å². The number of nitrogens with zero attached hydrogens (tertiary/aromatic N) is 2. The predicted octanol–water partition coefficient (Wildman–Crippen LogP) is 3.51. The van der Waals surface area contributed by atoms with E-state index in [0.29, 0.717) is 13.0 Å². The molecular formula is C20H21BrN4O2. The molecule has 0 bridgehead atoms. The van der Waals surface area contributed by atoms with Crippen molar-refractivity contribution in [2.24, 2.45) is 0 Å². The number of benzene rings is 2. The van der Waals surface area contributed by atoms with Crippen LogP contribution in [0.15, 0.2) is 53.0 Å². The van der Waals surface area contributed by atoms with Gasteiger partial charge in [-0.05, 0) is 36.8 Å². The van der Waals surface area contributed by atoms with Crippen LogP contribution in [0.1, 0.15) is 19.2 Å². The van der Waals surface area contributed by atoms with Crippen LogP contribution in [0.2, 0.25) is 0 Å². The number of carbonyl (C=O) groups excluding carboxylic acids is 2. The van der Waals surface area contributed by atoms with Gasteiger partial charge in [-0.1, -0.05) is 34.1 Å². The van der Waals surface area contributed by atoms with Crippen molar-refractivity contribution in [3.8, 4) is 0 Å². The van der Waals surface area contributed by atoms with Gasteiger partial charge in [0.2, 0.25) is 11.8 Å². The molecule has 1 heterocycles. The zero-order valence-electron chi connectivity index (χ0n) is 15.0. The predicted molar refractivity (Wildman–Crippen MR) is 110 cm³/mol. The Kier molecular flexibility index (Phi) is 6.24. The topological polar surface area (TPSA) is 76.0 Å². The monoisotopic (exact) mass is 428 g/mol. The van der Waals surface area contributed by atoms with E-state index in [4.69, 9.17) is 0 Å². The normalized spacial score (nSPS) is 10.7. The fraction of sp³-hybridized carbons (Fsp3) is 0.250. The number of carbonyl (C=O) groups is 2. The summed E-state index contributed by atoms with van der Waals surface area (Å²) in [5, 5.41) is 5.71. The third kappa shape index (κ3) is 5.17. The van der Waals surface area contributed by atoms with Crippen molar-refractivity contribution in [1.29, 1.82) is 0 Å². The second-order valence-corrected chi connectivity index (χ2v) is 7.16. The third-order valence-electron chi connectivity index (χ3n) is 4.09. The number of anilines is 1. The number of hydrogen-bond donors (Lipinski definition) is 2. The van der Waals surface area contributed by atoms with Crippen LogP contribution in [0.25, 0.3) is 11.0 Å². The minimum Gasteiger partial charge on any atom is -0.356 e. The van der Waals surface area contributed by atoms with Crippen LogP contribution >= 0.6 is 15.9 Å². The molecule has 3 rings (SSSR count). The van der Waals surface area contributed by atoms with Gasteiger partial charge >= 0.3 is 0 Å². The number of fused-ring (bicyclic) bond motifs is 1. The Morgan fingerprint density at radius 3 is 2.74 bits per heavy atom. The number of halogens is 1. The lowest BCUT2D eigenvalue weighted by Gasteiger charge is -2.10. The number of aromatic nitrogens is 2. The fourth-order valence-corrected chi connectivity index (χ4v) is 3.31. The summed E-state index contributed by atoms with van der Waals surface area (Å²) in [4.78, 5) is 28.3. The highest BCUT2D eigenvalue weighted by Gasteiger charge is 2.13. The highest BCUT2D eigenvalue weighted by molar-refractivity contribution is 9.10. The number of rotatable bonds is 7. The Labute approximate surface area is 166 Å². The molecule has 0 aliphatic carbocycles. The summed E-state index contributed by atoms with van der Waals surface area (Å²) in [6.45, 7) is 2.27. The number of nitrogens with one attached hydrogen (secondary N) is 2. The van der Waals surface area contributed by atoms with Crippen molar-refractivity contribution in [1.82, 2.24) is 14.9 Å². The molecule has 0 spiro atoms. The SMILES string of the molecule is CC(=O)NCCCc1nc2ccccc2n1CC(=O)Nc1cccc(Br)c1. The maximum Gasteiger partial charge on any atom is 0.244 e. The second kappa shape index (κ2) is 8.81. The molecule has 3 aromatic rings. The van der Waals surface area contributed by atoms with Crippen LogP contribution in [0.4, 0.5) is 5.69 Å². The largest absolute Gasteiger partial charge is 0.356 e. The van der Waals surface area contributed by atoms with Gasteiger partial charge in [-0.3, -0.25) is 9.59 Å². The average Bonchev–Trinajstić information content (AvgIpc) is 2.96. The molecule has 0 saturated heterocycles. The van der Waals surface area contributed by atoms with E-state index < -0.39 is 0 Å². The summed E-state index contributed by atoms with van der Waals surface area (Å²) in [6, 6.07) is 15.3. The molecule has 0 fully saturated rings. The molecule has 2 amide bonds. The van der Waals surface area contributed by atoms with Crippen LogP contribution in [0.3, 0.4) is 0 Å². The molecule has 6 nitrogen and oxygen atoms in total. The molecule has 0 unspecified atom stereocenters. The zero-order valence-corrected chi connectivity index (χ0v) is 16.6. The van der Waals surface area contributed by atoms with Crippen LogP contribution in [-0.4, -0.2) is 27.9 Å². The Balaban J connectivity index is 1.76. The molecule has 7 heteroatoms. The van der Waals surface area contributed by atoms with E-state index in [9.17, 15) is 9.59 Å². The van der Waals surface area contributed by atoms with Gasteiger partial charge in [-0.15, -0.1) is 0 Å². The van der Waals surface area contributed by atoms with Gasteiger partial charge in [0.25, 0.3) is 0 Å². The maximum atomic E-state index is 12.6. The van der Waals surface area contributed by atoms with E-state index in [1.165, 1.54) is 6.92 Å². The molecule has 0 aliphatic rings. The third-order valence-corrected chi connectivity index (χ3v) is 4.59. The van der Waals surface area contributed by atoms with Crippen LogP contribution in [-0.2, 0) is 22.6 Å². The molecule has 0 saturated carbocycles. The number of para-hydroxylation sites is 2. The van der Waals surface area contributed by atoms with Gasteiger partial charge < -0.3 is 15.2 Å². The second-order valence-electron chi connectivity index (χ2n) is 6.25. The summed E-state index contributed by atoms with van der Waals surface area (Å²) >= 11 is 3.41. The first kappa shape index (κ1) is 19.1.